The van der Waals surface area contributed by atoms with Gasteiger partial charge in [-0.3, -0.25) is 4.79 Å². The lowest BCUT2D eigenvalue weighted by Gasteiger charge is -2.26. The van der Waals surface area contributed by atoms with Crippen LogP contribution in [0.2, 0.25) is 0 Å². The van der Waals surface area contributed by atoms with E-state index in [2.05, 4.69) is 0 Å². The normalized spacial score (nSPS) is 15.4. The van der Waals surface area contributed by atoms with E-state index in [4.69, 9.17) is 10.00 Å². The van der Waals surface area contributed by atoms with Crippen molar-refractivity contribution in [1.29, 1.82) is 5.26 Å². The highest BCUT2D eigenvalue weighted by molar-refractivity contribution is 5.94. The van der Waals surface area contributed by atoms with Crippen LogP contribution in [-0.4, -0.2) is 37.1 Å². The molecule has 1 amide bonds. The van der Waals surface area contributed by atoms with Crippen molar-refractivity contribution < 1.29 is 13.9 Å². The fraction of sp³-hybridized carbons (Fsp3) is 0.333. The average molecular weight is 234 g/mol. The van der Waals surface area contributed by atoms with Gasteiger partial charge in [-0.05, 0) is 18.2 Å². The van der Waals surface area contributed by atoms with Gasteiger partial charge in [0, 0.05) is 13.1 Å². The molecule has 0 aliphatic carbocycles. The smallest absolute Gasteiger partial charge is 0.256 e. The summed E-state index contributed by atoms with van der Waals surface area (Å²) in [5.41, 5.74) is 0.215. The molecule has 0 aromatic heterocycles. The SMILES string of the molecule is N#Cc1ccc(C(=O)N2CCOCC2)c(F)c1. The first-order valence-electron chi connectivity index (χ1n) is 5.29. The third kappa shape index (κ3) is 2.43. The molecule has 0 unspecified atom stereocenters. The van der Waals surface area contributed by atoms with E-state index in [0.717, 1.165) is 6.07 Å². The second kappa shape index (κ2) is 4.93. The summed E-state index contributed by atoms with van der Waals surface area (Å²) in [4.78, 5) is 13.5. The van der Waals surface area contributed by atoms with E-state index < -0.39 is 5.82 Å². The Morgan fingerprint density at radius 3 is 2.71 bits per heavy atom. The summed E-state index contributed by atoms with van der Waals surface area (Å²) in [7, 11) is 0. The number of carbonyl (C=O) groups is 1. The van der Waals surface area contributed by atoms with Crippen LogP contribution < -0.4 is 0 Å². The van der Waals surface area contributed by atoms with Gasteiger partial charge in [0.2, 0.25) is 0 Å². The molecule has 5 heteroatoms. The maximum absolute atomic E-state index is 13.6. The molecule has 1 aromatic rings. The maximum Gasteiger partial charge on any atom is 0.256 e. The van der Waals surface area contributed by atoms with E-state index >= 15 is 0 Å². The lowest BCUT2D eigenvalue weighted by molar-refractivity contribution is 0.0300. The lowest BCUT2D eigenvalue weighted by atomic mass is 10.1. The van der Waals surface area contributed by atoms with Crippen LogP contribution in [-0.2, 0) is 4.74 Å². The molecule has 0 spiro atoms. The van der Waals surface area contributed by atoms with Crippen molar-refractivity contribution in [2.45, 2.75) is 0 Å². The van der Waals surface area contributed by atoms with Crippen LogP contribution in [0.3, 0.4) is 0 Å². The standard InChI is InChI=1S/C12H11FN2O2/c13-11-7-9(8-14)1-2-10(11)12(16)15-3-5-17-6-4-15/h1-2,7H,3-6H2. The van der Waals surface area contributed by atoms with Crippen molar-refractivity contribution in [2.75, 3.05) is 26.3 Å². The van der Waals surface area contributed by atoms with E-state index in [1.807, 2.05) is 6.07 Å². The third-order valence-corrected chi connectivity index (χ3v) is 2.63. The van der Waals surface area contributed by atoms with Crippen molar-refractivity contribution in [3.63, 3.8) is 0 Å². The number of benzene rings is 1. The van der Waals surface area contributed by atoms with E-state index in [0.29, 0.717) is 26.3 Å². The molecule has 1 aromatic carbocycles. The second-order valence-electron chi connectivity index (χ2n) is 3.71. The molecule has 0 bridgehead atoms. The van der Waals surface area contributed by atoms with Gasteiger partial charge >= 0.3 is 0 Å². The second-order valence-corrected chi connectivity index (χ2v) is 3.71. The van der Waals surface area contributed by atoms with E-state index in [1.54, 1.807) is 4.90 Å². The summed E-state index contributed by atoms with van der Waals surface area (Å²) in [6.07, 6.45) is 0. The molecule has 1 saturated heterocycles. The minimum Gasteiger partial charge on any atom is -0.378 e. The topological polar surface area (TPSA) is 53.3 Å². The van der Waals surface area contributed by atoms with Gasteiger partial charge in [0.15, 0.2) is 0 Å². The summed E-state index contributed by atoms with van der Waals surface area (Å²) in [6, 6.07) is 5.70. The Balaban J connectivity index is 2.22. The van der Waals surface area contributed by atoms with Crippen LogP contribution in [0.25, 0.3) is 0 Å². The minimum atomic E-state index is -0.652. The van der Waals surface area contributed by atoms with Gasteiger partial charge in [0.1, 0.15) is 5.82 Å². The van der Waals surface area contributed by atoms with E-state index in [-0.39, 0.29) is 17.0 Å². The van der Waals surface area contributed by atoms with Crippen LogP contribution >= 0.6 is 0 Å². The summed E-state index contributed by atoms with van der Waals surface area (Å²) in [5.74, 6) is -1.00. The Hall–Kier alpha value is -1.93. The molecule has 0 atom stereocenters. The average Bonchev–Trinajstić information content (AvgIpc) is 2.39. The number of ether oxygens (including phenoxy) is 1. The highest BCUT2D eigenvalue weighted by atomic mass is 19.1. The number of nitrogens with zero attached hydrogens (tertiary/aromatic N) is 2. The predicted molar refractivity (Wildman–Crippen MR) is 57.8 cm³/mol. The Morgan fingerprint density at radius 1 is 1.41 bits per heavy atom. The number of carbonyl (C=O) groups excluding carboxylic acids is 1. The highest BCUT2D eigenvalue weighted by Gasteiger charge is 2.21. The molecule has 17 heavy (non-hydrogen) atoms. The van der Waals surface area contributed by atoms with Crippen LogP contribution in [0.4, 0.5) is 4.39 Å². The van der Waals surface area contributed by atoms with Crippen molar-refractivity contribution in [3.05, 3.63) is 35.1 Å². The van der Waals surface area contributed by atoms with Crippen molar-refractivity contribution >= 4 is 5.91 Å². The molecular formula is C12H11FN2O2. The summed E-state index contributed by atoms with van der Waals surface area (Å²) >= 11 is 0. The molecule has 0 radical (unpaired) electrons. The molecule has 0 N–H and O–H groups in total. The molecule has 1 aliphatic heterocycles. The first-order valence-corrected chi connectivity index (χ1v) is 5.29. The first kappa shape index (κ1) is 11.6. The molecular weight excluding hydrogens is 223 g/mol. The quantitative estimate of drug-likeness (QED) is 0.733. The van der Waals surface area contributed by atoms with Gasteiger partial charge in [-0.25, -0.2) is 4.39 Å². The van der Waals surface area contributed by atoms with Gasteiger partial charge in [-0.15, -0.1) is 0 Å². The summed E-state index contributed by atoms with van der Waals surface area (Å²) in [6.45, 7) is 1.89. The van der Waals surface area contributed by atoms with Crippen molar-refractivity contribution in [2.24, 2.45) is 0 Å². The molecule has 2 rings (SSSR count). The molecule has 1 fully saturated rings. The lowest BCUT2D eigenvalue weighted by Crippen LogP contribution is -2.41. The zero-order valence-corrected chi connectivity index (χ0v) is 9.15. The predicted octanol–water partition coefficient (Wildman–Crippen LogP) is 1.17. The third-order valence-electron chi connectivity index (χ3n) is 2.63. The van der Waals surface area contributed by atoms with Gasteiger partial charge in [0.05, 0.1) is 30.4 Å². The van der Waals surface area contributed by atoms with E-state index in [9.17, 15) is 9.18 Å². The fourth-order valence-corrected chi connectivity index (χ4v) is 1.69. The minimum absolute atomic E-state index is 0.00546. The maximum atomic E-state index is 13.6. The van der Waals surface area contributed by atoms with Gasteiger partial charge in [-0.2, -0.15) is 5.26 Å². The van der Waals surface area contributed by atoms with Gasteiger partial charge in [-0.1, -0.05) is 0 Å². The molecule has 88 valence electrons. The van der Waals surface area contributed by atoms with E-state index in [1.165, 1.54) is 12.1 Å². The van der Waals surface area contributed by atoms with Crippen molar-refractivity contribution in [3.8, 4) is 6.07 Å². The molecule has 4 nitrogen and oxygen atoms in total. The number of hydrogen-bond donors (Lipinski definition) is 0. The van der Waals surface area contributed by atoms with Gasteiger partial charge < -0.3 is 9.64 Å². The Labute approximate surface area is 98.2 Å². The number of nitriles is 1. The Kier molecular flexibility index (Phi) is 3.35. The van der Waals surface area contributed by atoms with Gasteiger partial charge in [0.25, 0.3) is 5.91 Å². The van der Waals surface area contributed by atoms with Crippen LogP contribution in [0.1, 0.15) is 15.9 Å². The summed E-state index contributed by atoms with van der Waals surface area (Å²) in [5, 5.41) is 8.61. The largest absolute Gasteiger partial charge is 0.378 e. The Bertz CT molecular complexity index is 476. The fourth-order valence-electron chi connectivity index (χ4n) is 1.69. The monoisotopic (exact) mass is 234 g/mol. The van der Waals surface area contributed by atoms with Crippen LogP contribution in [0.15, 0.2) is 18.2 Å². The number of morpholine rings is 1. The zero-order chi connectivity index (χ0) is 12.3. The molecule has 0 saturated carbocycles. The van der Waals surface area contributed by atoms with Crippen LogP contribution in [0.5, 0.6) is 0 Å². The zero-order valence-electron chi connectivity index (χ0n) is 9.15. The Morgan fingerprint density at radius 2 is 2.12 bits per heavy atom. The highest BCUT2D eigenvalue weighted by Crippen LogP contribution is 2.13. The number of halogens is 1. The van der Waals surface area contributed by atoms with Crippen LogP contribution in [0, 0.1) is 17.1 Å². The van der Waals surface area contributed by atoms with Crippen molar-refractivity contribution in [1.82, 2.24) is 4.90 Å². The number of rotatable bonds is 1. The molecule has 1 heterocycles. The number of hydrogen-bond acceptors (Lipinski definition) is 3. The molecule has 1 aliphatic rings. The summed E-state index contributed by atoms with van der Waals surface area (Å²) < 4.78 is 18.7. The number of amides is 1. The first-order chi connectivity index (χ1) is 8.22.